The Hall–Kier alpha value is -0.910. The monoisotopic (exact) mass is 430 g/mol. The summed E-state index contributed by atoms with van der Waals surface area (Å²) in [4.78, 5) is 4.52. The molecule has 1 aromatic heterocycles. The summed E-state index contributed by atoms with van der Waals surface area (Å²) >= 11 is 12.7. The van der Waals surface area contributed by atoms with Gasteiger partial charge in [0.15, 0.2) is 0 Å². The zero-order valence-corrected chi connectivity index (χ0v) is 14.7. The second kappa shape index (κ2) is 6.07. The number of fused-ring (bicyclic) bond motifs is 1. The van der Waals surface area contributed by atoms with Crippen LogP contribution in [0.2, 0.25) is 0 Å². The predicted octanol–water partition coefficient (Wildman–Crippen LogP) is 5.47. The molecule has 0 radical (unpaired) electrons. The van der Waals surface area contributed by atoms with Crippen LogP contribution in [0.5, 0.6) is 0 Å². The molecule has 0 aliphatic heterocycles. The van der Waals surface area contributed by atoms with Gasteiger partial charge < -0.3 is 0 Å². The van der Waals surface area contributed by atoms with Crippen LogP contribution in [-0.2, 0) is 6.42 Å². The van der Waals surface area contributed by atoms with Crippen LogP contribution in [0.4, 0.5) is 4.39 Å². The smallest absolute Gasteiger partial charge is 0.139 e. The molecule has 1 heterocycles. The summed E-state index contributed by atoms with van der Waals surface area (Å²) in [6, 6.07) is 11.0. The molecule has 0 aliphatic carbocycles. The lowest BCUT2D eigenvalue weighted by atomic mass is 10.2. The molecule has 2 aromatic carbocycles. The topological polar surface area (TPSA) is 17.8 Å². The van der Waals surface area contributed by atoms with Crippen molar-refractivity contribution < 1.29 is 4.39 Å². The lowest BCUT2D eigenvalue weighted by Gasteiger charge is -2.10. The SMILES string of the molecule is Fc1cc2nc(CCCl)n(-c3ccccc3Br)c2cc1Br. The summed E-state index contributed by atoms with van der Waals surface area (Å²) in [7, 11) is 0. The van der Waals surface area contributed by atoms with E-state index in [1.807, 2.05) is 28.8 Å². The van der Waals surface area contributed by atoms with Crippen LogP contribution in [0, 0.1) is 5.82 Å². The first-order chi connectivity index (χ1) is 10.1. The number of imidazole rings is 1. The second-order valence-corrected chi connectivity index (χ2v) is 6.60. The Labute approximate surface area is 143 Å². The Morgan fingerprint density at radius 3 is 2.62 bits per heavy atom. The number of hydrogen-bond donors (Lipinski definition) is 0. The number of hydrogen-bond acceptors (Lipinski definition) is 1. The van der Waals surface area contributed by atoms with Crippen LogP contribution < -0.4 is 0 Å². The van der Waals surface area contributed by atoms with E-state index in [1.165, 1.54) is 6.07 Å². The van der Waals surface area contributed by atoms with Gasteiger partial charge in [0.2, 0.25) is 0 Å². The fourth-order valence-corrected chi connectivity index (χ4v) is 3.24. The van der Waals surface area contributed by atoms with Gasteiger partial charge in [0.05, 0.1) is 21.2 Å². The van der Waals surface area contributed by atoms with Crippen LogP contribution in [0.3, 0.4) is 0 Å². The molecular formula is C15H10Br2ClFN2. The third kappa shape index (κ3) is 2.74. The molecule has 6 heteroatoms. The van der Waals surface area contributed by atoms with Gasteiger partial charge in [-0.15, -0.1) is 11.6 Å². The predicted molar refractivity (Wildman–Crippen MR) is 90.9 cm³/mol. The van der Waals surface area contributed by atoms with Crippen molar-refractivity contribution in [3.8, 4) is 5.69 Å². The molecule has 0 saturated heterocycles. The minimum absolute atomic E-state index is 0.322. The summed E-state index contributed by atoms with van der Waals surface area (Å²) in [5.74, 6) is 0.943. The number of rotatable bonds is 3. The van der Waals surface area contributed by atoms with E-state index in [4.69, 9.17) is 11.6 Å². The maximum absolute atomic E-state index is 13.7. The maximum atomic E-state index is 13.7. The lowest BCUT2D eigenvalue weighted by molar-refractivity contribution is 0.623. The maximum Gasteiger partial charge on any atom is 0.139 e. The van der Waals surface area contributed by atoms with Crippen molar-refractivity contribution >= 4 is 54.5 Å². The number of alkyl halides is 1. The van der Waals surface area contributed by atoms with E-state index >= 15 is 0 Å². The zero-order valence-electron chi connectivity index (χ0n) is 10.8. The summed E-state index contributed by atoms with van der Waals surface area (Å²) < 4.78 is 17.1. The summed E-state index contributed by atoms with van der Waals surface area (Å²) in [6.07, 6.45) is 0.608. The Bertz CT molecular complexity index is 817. The summed E-state index contributed by atoms with van der Waals surface area (Å²) in [5, 5.41) is 0. The van der Waals surface area contributed by atoms with E-state index in [1.54, 1.807) is 6.07 Å². The molecule has 3 aromatic rings. The molecular weight excluding hydrogens is 422 g/mol. The molecule has 0 bridgehead atoms. The van der Waals surface area contributed by atoms with Gasteiger partial charge in [0, 0.05) is 22.8 Å². The Kier molecular flexibility index (Phi) is 4.33. The van der Waals surface area contributed by atoms with Gasteiger partial charge in [-0.2, -0.15) is 0 Å². The summed E-state index contributed by atoms with van der Waals surface area (Å²) in [5.41, 5.74) is 2.42. The first kappa shape index (κ1) is 15.0. The van der Waals surface area contributed by atoms with Crippen LogP contribution in [-0.4, -0.2) is 15.4 Å². The molecule has 0 atom stereocenters. The molecule has 0 N–H and O–H groups in total. The average molecular weight is 433 g/mol. The molecule has 21 heavy (non-hydrogen) atoms. The van der Waals surface area contributed by atoms with E-state index < -0.39 is 0 Å². The van der Waals surface area contributed by atoms with Crippen molar-refractivity contribution in [2.45, 2.75) is 6.42 Å². The highest BCUT2D eigenvalue weighted by Crippen LogP contribution is 2.30. The Morgan fingerprint density at radius 2 is 1.90 bits per heavy atom. The van der Waals surface area contributed by atoms with Crippen LogP contribution in [0.1, 0.15) is 5.82 Å². The lowest BCUT2D eigenvalue weighted by Crippen LogP contribution is -2.03. The number of aryl methyl sites for hydroxylation is 1. The highest BCUT2D eigenvalue weighted by Gasteiger charge is 2.16. The van der Waals surface area contributed by atoms with E-state index in [9.17, 15) is 4.39 Å². The van der Waals surface area contributed by atoms with Crippen LogP contribution >= 0.6 is 43.5 Å². The number of aromatic nitrogens is 2. The molecule has 0 aliphatic rings. The van der Waals surface area contributed by atoms with Crippen molar-refractivity contribution in [2.75, 3.05) is 5.88 Å². The van der Waals surface area contributed by atoms with Crippen LogP contribution in [0.15, 0.2) is 45.3 Å². The molecule has 0 unspecified atom stereocenters. The van der Waals surface area contributed by atoms with Crippen molar-refractivity contribution in [3.63, 3.8) is 0 Å². The Balaban J connectivity index is 2.35. The van der Waals surface area contributed by atoms with Gasteiger partial charge in [-0.3, -0.25) is 4.57 Å². The van der Waals surface area contributed by atoms with Crippen molar-refractivity contribution in [2.24, 2.45) is 0 Å². The van der Waals surface area contributed by atoms with E-state index in [0.717, 1.165) is 21.5 Å². The molecule has 0 saturated carbocycles. The minimum atomic E-state index is -0.322. The first-order valence-corrected chi connectivity index (χ1v) is 8.41. The second-order valence-electron chi connectivity index (χ2n) is 4.51. The minimum Gasteiger partial charge on any atom is -0.295 e. The number of nitrogens with zero attached hydrogens (tertiary/aromatic N) is 2. The highest BCUT2D eigenvalue weighted by atomic mass is 79.9. The molecule has 0 fully saturated rings. The van der Waals surface area contributed by atoms with Gasteiger partial charge in [-0.05, 0) is 50.1 Å². The molecule has 3 rings (SSSR count). The summed E-state index contributed by atoms with van der Waals surface area (Å²) in [6.45, 7) is 0. The number of para-hydroxylation sites is 1. The normalized spacial score (nSPS) is 11.2. The Morgan fingerprint density at radius 1 is 1.14 bits per heavy atom. The zero-order chi connectivity index (χ0) is 15.0. The molecule has 0 spiro atoms. The third-order valence-corrected chi connectivity index (χ3v) is 4.64. The fraction of sp³-hybridized carbons (Fsp3) is 0.133. The fourth-order valence-electron chi connectivity index (χ4n) is 2.28. The number of benzene rings is 2. The standard InChI is InChI=1S/C15H10Br2ClFN2/c16-9-3-1-2-4-13(9)21-14-7-10(17)11(19)8-12(14)20-15(21)5-6-18/h1-4,7-8H,5-6H2. The van der Waals surface area contributed by atoms with Gasteiger partial charge in [0.25, 0.3) is 0 Å². The van der Waals surface area contributed by atoms with E-state index in [2.05, 4.69) is 36.8 Å². The van der Waals surface area contributed by atoms with Gasteiger partial charge in [-0.25, -0.2) is 9.37 Å². The molecule has 108 valence electrons. The van der Waals surface area contributed by atoms with Crippen molar-refractivity contribution in [3.05, 3.63) is 57.0 Å². The van der Waals surface area contributed by atoms with Gasteiger partial charge >= 0.3 is 0 Å². The van der Waals surface area contributed by atoms with E-state index in [-0.39, 0.29) is 5.82 Å². The largest absolute Gasteiger partial charge is 0.295 e. The number of halogens is 4. The van der Waals surface area contributed by atoms with Gasteiger partial charge in [-0.1, -0.05) is 12.1 Å². The first-order valence-electron chi connectivity index (χ1n) is 6.29. The quantitative estimate of drug-likeness (QED) is 0.502. The van der Waals surface area contributed by atoms with Gasteiger partial charge in [0.1, 0.15) is 11.6 Å². The third-order valence-electron chi connectivity index (χ3n) is 3.18. The average Bonchev–Trinajstić information content (AvgIpc) is 2.78. The molecule has 2 nitrogen and oxygen atoms in total. The molecule has 0 amide bonds. The highest BCUT2D eigenvalue weighted by molar-refractivity contribution is 9.10. The van der Waals surface area contributed by atoms with Crippen molar-refractivity contribution in [1.82, 2.24) is 9.55 Å². The van der Waals surface area contributed by atoms with Crippen LogP contribution in [0.25, 0.3) is 16.7 Å². The van der Waals surface area contributed by atoms with Crippen molar-refractivity contribution in [1.29, 1.82) is 0 Å². The van der Waals surface area contributed by atoms with E-state index in [0.29, 0.717) is 22.3 Å².